The van der Waals surface area contributed by atoms with E-state index in [1.165, 1.54) is 12.1 Å². The van der Waals surface area contributed by atoms with Crippen LogP contribution in [0.3, 0.4) is 0 Å². The van der Waals surface area contributed by atoms with E-state index in [0.717, 1.165) is 18.4 Å². The third kappa shape index (κ3) is 5.22. The molecule has 0 bridgehead atoms. The number of hydrogen-bond donors (Lipinski definition) is 2. The molecule has 1 saturated carbocycles. The topological polar surface area (TPSA) is 84.5 Å². The van der Waals surface area contributed by atoms with Crippen LogP contribution >= 0.6 is 11.6 Å². The smallest absolute Gasteiger partial charge is 0.265 e. The van der Waals surface area contributed by atoms with Crippen LogP contribution in [0.2, 0.25) is 5.02 Å². The maximum Gasteiger partial charge on any atom is 0.265 e. The van der Waals surface area contributed by atoms with Crippen molar-refractivity contribution in [2.45, 2.75) is 43.7 Å². The van der Waals surface area contributed by atoms with Crippen molar-refractivity contribution in [3.63, 3.8) is 0 Å². The molecule has 3 rings (SSSR count). The molecule has 2 aromatic rings. The number of benzene rings is 2. The second-order valence-corrected chi connectivity index (χ2v) is 8.73. The molecule has 0 aromatic heterocycles. The summed E-state index contributed by atoms with van der Waals surface area (Å²) >= 11 is 5.92. The van der Waals surface area contributed by atoms with Gasteiger partial charge in [0.15, 0.2) is 6.10 Å². The van der Waals surface area contributed by atoms with Crippen LogP contribution in [-0.2, 0) is 14.8 Å². The molecule has 0 radical (unpaired) electrons. The van der Waals surface area contributed by atoms with Crippen molar-refractivity contribution in [3.8, 4) is 5.75 Å². The van der Waals surface area contributed by atoms with Gasteiger partial charge in [-0.25, -0.2) is 13.1 Å². The molecule has 1 atom stereocenters. The van der Waals surface area contributed by atoms with Gasteiger partial charge in [0.05, 0.1) is 4.90 Å². The first-order chi connectivity index (χ1) is 12.7. The number of amides is 1. The van der Waals surface area contributed by atoms with Crippen LogP contribution < -0.4 is 14.8 Å². The molecule has 144 valence electrons. The van der Waals surface area contributed by atoms with E-state index < -0.39 is 16.1 Å². The van der Waals surface area contributed by atoms with Gasteiger partial charge < -0.3 is 10.1 Å². The van der Waals surface area contributed by atoms with Crippen molar-refractivity contribution in [1.82, 2.24) is 4.72 Å². The minimum Gasteiger partial charge on any atom is -0.481 e. The fourth-order valence-corrected chi connectivity index (χ4v) is 4.04. The van der Waals surface area contributed by atoms with Crippen LogP contribution in [0.1, 0.15) is 25.3 Å². The first-order valence-corrected chi connectivity index (χ1v) is 10.5. The molecule has 1 amide bonds. The summed E-state index contributed by atoms with van der Waals surface area (Å²) in [6, 6.07) is 11.3. The quantitative estimate of drug-likeness (QED) is 0.734. The maximum atomic E-state index is 12.4. The number of sulfonamides is 1. The zero-order chi connectivity index (χ0) is 19.6. The fourth-order valence-electron chi connectivity index (χ4n) is 2.46. The normalized spacial score (nSPS) is 15.2. The summed E-state index contributed by atoms with van der Waals surface area (Å²) < 4.78 is 32.9. The van der Waals surface area contributed by atoms with Gasteiger partial charge in [-0.05, 0) is 68.7 Å². The molecule has 1 aliphatic carbocycles. The monoisotopic (exact) mass is 408 g/mol. The Balaban J connectivity index is 1.67. The molecule has 0 aliphatic heterocycles. The molecule has 0 saturated heterocycles. The number of halogens is 1. The zero-order valence-electron chi connectivity index (χ0n) is 15.0. The van der Waals surface area contributed by atoms with Gasteiger partial charge in [-0.3, -0.25) is 4.79 Å². The van der Waals surface area contributed by atoms with Crippen molar-refractivity contribution in [2.24, 2.45) is 0 Å². The Kier molecular flexibility index (Phi) is 5.74. The highest BCUT2D eigenvalue weighted by molar-refractivity contribution is 7.89. The Morgan fingerprint density at radius 1 is 1.22 bits per heavy atom. The number of rotatable bonds is 7. The predicted octanol–water partition coefficient (Wildman–Crippen LogP) is 3.50. The maximum absolute atomic E-state index is 12.4. The molecule has 2 aromatic carbocycles. The standard InChI is InChI=1S/C19H21ClN2O4S/c1-12-10-14(20)6-9-18(12)26-13(2)19(23)21-16-4-3-5-17(11-16)27(24,25)22-15-7-8-15/h3-6,9-11,13,15,22H,7-8H2,1-2H3,(H,21,23). The Hall–Kier alpha value is -2.09. The molecular formula is C19H21ClN2O4S. The zero-order valence-corrected chi connectivity index (χ0v) is 16.6. The SMILES string of the molecule is Cc1cc(Cl)ccc1OC(C)C(=O)Nc1cccc(S(=O)(=O)NC2CC2)c1. The molecule has 0 spiro atoms. The van der Waals surface area contributed by atoms with Crippen LogP contribution in [0.25, 0.3) is 0 Å². The highest BCUT2D eigenvalue weighted by Gasteiger charge is 2.28. The third-order valence-electron chi connectivity index (χ3n) is 4.12. The lowest BCUT2D eigenvalue weighted by molar-refractivity contribution is -0.122. The summed E-state index contributed by atoms with van der Waals surface area (Å²) in [7, 11) is -3.58. The first-order valence-electron chi connectivity index (χ1n) is 8.61. The van der Waals surface area contributed by atoms with Gasteiger partial charge in [-0.15, -0.1) is 0 Å². The summed E-state index contributed by atoms with van der Waals surface area (Å²) in [5, 5.41) is 3.28. The Bertz CT molecular complexity index is 958. The number of hydrogen-bond acceptors (Lipinski definition) is 4. The number of ether oxygens (including phenoxy) is 1. The fraction of sp³-hybridized carbons (Fsp3) is 0.316. The van der Waals surface area contributed by atoms with Gasteiger partial charge in [0, 0.05) is 16.8 Å². The van der Waals surface area contributed by atoms with Crippen LogP contribution in [0.5, 0.6) is 5.75 Å². The number of anilines is 1. The minimum absolute atomic E-state index is 0.0179. The van der Waals surface area contributed by atoms with Gasteiger partial charge in [0.2, 0.25) is 10.0 Å². The number of carbonyl (C=O) groups excluding carboxylic acids is 1. The van der Waals surface area contributed by atoms with E-state index in [1.807, 2.05) is 6.92 Å². The molecule has 2 N–H and O–H groups in total. The van der Waals surface area contributed by atoms with Crippen LogP contribution in [-0.4, -0.2) is 26.5 Å². The van der Waals surface area contributed by atoms with E-state index >= 15 is 0 Å². The molecule has 27 heavy (non-hydrogen) atoms. The summed E-state index contributed by atoms with van der Waals surface area (Å²) in [4.78, 5) is 12.5. The van der Waals surface area contributed by atoms with Crippen molar-refractivity contribution >= 4 is 33.2 Å². The molecule has 8 heteroatoms. The van der Waals surface area contributed by atoms with Gasteiger partial charge in [0.1, 0.15) is 5.75 Å². The summed E-state index contributed by atoms with van der Waals surface area (Å²) in [6.45, 7) is 3.46. The molecule has 0 heterocycles. The summed E-state index contributed by atoms with van der Waals surface area (Å²) in [6.07, 6.45) is 0.943. The summed E-state index contributed by atoms with van der Waals surface area (Å²) in [5.41, 5.74) is 1.21. The average Bonchev–Trinajstić information content (AvgIpc) is 3.41. The van der Waals surface area contributed by atoms with E-state index in [-0.39, 0.29) is 16.8 Å². The van der Waals surface area contributed by atoms with Crippen molar-refractivity contribution in [2.75, 3.05) is 5.32 Å². The second kappa shape index (κ2) is 7.88. The van der Waals surface area contributed by atoms with Gasteiger partial charge >= 0.3 is 0 Å². The lowest BCUT2D eigenvalue weighted by Gasteiger charge is -2.17. The van der Waals surface area contributed by atoms with E-state index in [0.29, 0.717) is 16.5 Å². The molecule has 1 aliphatic rings. The van der Waals surface area contributed by atoms with Crippen LogP contribution in [0.15, 0.2) is 47.4 Å². The van der Waals surface area contributed by atoms with Gasteiger partial charge in [0.25, 0.3) is 5.91 Å². The van der Waals surface area contributed by atoms with E-state index in [1.54, 1.807) is 37.3 Å². The lowest BCUT2D eigenvalue weighted by Crippen LogP contribution is -2.30. The average molecular weight is 409 g/mol. The highest BCUT2D eigenvalue weighted by Crippen LogP contribution is 2.24. The second-order valence-electron chi connectivity index (χ2n) is 6.58. The van der Waals surface area contributed by atoms with Crippen LogP contribution in [0, 0.1) is 6.92 Å². The van der Waals surface area contributed by atoms with Crippen molar-refractivity contribution < 1.29 is 17.9 Å². The number of carbonyl (C=O) groups is 1. The molecule has 6 nitrogen and oxygen atoms in total. The predicted molar refractivity (Wildman–Crippen MR) is 105 cm³/mol. The molecular weight excluding hydrogens is 388 g/mol. The highest BCUT2D eigenvalue weighted by atomic mass is 35.5. The Morgan fingerprint density at radius 3 is 2.63 bits per heavy atom. The number of nitrogens with one attached hydrogen (secondary N) is 2. The molecule has 1 fully saturated rings. The Morgan fingerprint density at radius 2 is 1.96 bits per heavy atom. The van der Waals surface area contributed by atoms with Crippen molar-refractivity contribution in [1.29, 1.82) is 0 Å². The minimum atomic E-state index is -3.58. The van der Waals surface area contributed by atoms with E-state index in [4.69, 9.17) is 16.3 Å². The summed E-state index contributed by atoms with van der Waals surface area (Å²) in [5.74, 6) is 0.182. The van der Waals surface area contributed by atoms with E-state index in [9.17, 15) is 13.2 Å². The first kappa shape index (κ1) is 19.7. The third-order valence-corrected chi connectivity index (χ3v) is 5.87. The van der Waals surface area contributed by atoms with Gasteiger partial charge in [-0.1, -0.05) is 17.7 Å². The molecule has 1 unspecified atom stereocenters. The van der Waals surface area contributed by atoms with Crippen molar-refractivity contribution in [3.05, 3.63) is 53.1 Å². The van der Waals surface area contributed by atoms with Crippen LogP contribution in [0.4, 0.5) is 5.69 Å². The van der Waals surface area contributed by atoms with Gasteiger partial charge in [-0.2, -0.15) is 0 Å². The Labute approximate surface area is 163 Å². The number of aryl methyl sites for hydroxylation is 1. The van der Waals surface area contributed by atoms with E-state index in [2.05, 4.69) is 10.0 Å². The lowest BCUT2D eigenvalue weighted by atomic mass is 10.2. The largest absolute Gasteiger partial charge is 0.481 e.